The predicted octanol–water partition coefficient (Wildman–Crippen LogP) is 4.15. The average molecular weight is 359 g/mol. The van der Waals surface area contributed by atoms with Gasteiger partial charge in [0, 0.05) is 18.9 Å². The third-order valence-corrected chi connectivity index (χ3v) is 7.98. The highest BCUT2D eigenvalue weighted by Gasteiger charge is 2.38. The van der Waals surface area contributed by atoms with Gasteiger partial charge >= 0.3 is 0 Å². The van der Waals surface area contributed by atoms with Gasteiger partial charge in [-0.3, -0.25) is 4.98 Å². The first kappa shape index (κ1) is 18.1. The number of hydrogen-bond donors (Lipinski definition) is 0. The molecule has 0 saturated carbocycles. The minimum absolute atomic E-state index is 0.103. The first-order chi connectivity index (χ1) is 11.8. The van der Waals surface area contributed by atoms with E-state index in [0.717, 1.165) is 40.7 Å². The van der Waals surface area contributed by atoms with Gasteiger partial charge in [0.05, 0.1) is 10.9 Å². The second-order valence-corrected chi connectivity index (χ2v) is 8.84. The van der Waals surface area contributed by atoms with Crippen molar-refractivity contribution in [2.75, 3.05) is 6.54 Å². The molecule has 5 heteroatoms. The van der Waals surface area contributed by atoms with Crippen LogP contribution in [0.4, 0.5) is 0 Å². The van der Waals surface area contributed by atoms with Crippen molar-refractivity contribution in [1.29, 1.82) is 0 Å². The molecule has 0 N–H and O–H groups in total. The van der Waals surface area contributed by atoms with Crippen molar-refractivity contribution in [3.8, 4) is 0 Å². The number of rotatable bonds is 3. The molecule has 134 valence electrons. The van der Waals surface area contributed by atoms with E-state index in [1.54, 1.807) is 16.7 Å². The molecule has 1 aromatic carbocycles. The monoisotopic (exact) mass is 358 g/mol. The van der Waals surface area contributed by atoms with Crippen molar-refractivity contribution in [3.63, 3.8) is 0 Å². The molecule has 1 atom stereocenters. The summed E-state index contributed by atoms with van der Waals surface area (Å²) in [5.74, 6) is 0. The quantitative estimate of drug-likeness (QED) is 0.828. The number of pyridine rings is 1. The molecule has 0 unspecified atom stereocenters. The highest BCUT2D eigenvalue weighted by Crippen LogP contribution is 2.39. The summed E-state index contributed by atoms with van der Waals surface area (Å²) in [6.45, 7) is 10.5. The summed E-state index contributed by atoms with van der Waals surface area (Å²) in [5, 5.41) is 0. The van der Waals surface area contributed by atoms with Crippen LogP contribution in [-0.4, -0.2) is 24.3 Å². The lowest BCUT2D eigenvalue weighted by Crippen LogP contribution is -2.32. The summed E-state index contributed by atoms with van der Waals surface area (Å²) in [4.78, 5) is 4.55. The van der Waals surface area contributed by atoms with Gasteiger partial charge in [0.15, 0.2) is 0 Å². The maximum absolute atomic E-state index is 13.6. The van der Waals surface area contributed by atoms with Gasteiger partial charge in [0.2, 0.25) is 10.0 Å². The number of benzene rings is 1. The van der Waals surface area contributed by atoms with Crippen LogP contribution < -0.4 is 0 Å². The molecule has 0 bridgehead atoms. The molecule has 3 rings (SSSR count). The Morgan fingerprint density at radius 1 is 0.920 bits per heavy atom. The van der Waals surface area contributed by atoms with Crippen molar-refractivity contribution >= 4 is 10.0 Å². The van der Waals surface area contributed by atoms with E-state index in [0.29, 0.717) is 11.4 Å². The molecule has 1 fully saturated rings. The Kier molecular flexibility index (Phi) is 4.73. The Balaban J connectivity index is 2.14. The van der Waals surface area contributed by atoms with Gasteiger partial charge in [-0.1, -0.05) is 0 Å². The molecule has 0 amide bonds. The van der Waals surface area contributed by atoms with Crippen LogP contribution in [0.3, 0.4) is 0 Å². The van der Waals surface area contributed by atoms with Crippen LogP contribution >= 0.6 is 0 Å². The van der Waals surface area contributed by atoms with E-state index in [-0.39, 0.29) is 6.04 Å². The summed E-state index contributed by atoms with van der Waals surface area (Å²) < 4.78 is 28.9. The van der Waals surface area contributed by atoms with Crippen LogP contribution in [0, 0.1) is 34.6 Å². The van der Waals surface area contributed by atoms with E-state index in [9.17, 15) is 8.42 Å². The summed E-state index contributed by atoms with van der Waals surface area (Å²) in [6, 6.07) is 3.74. The van der Waals surface area contributed by atoms with Crippen molar-refractivity contribution in [2.24, 2.45) is 0 Å². The maximum atomic E-state index is 13.6. The zero-order valence-electron chi connectivity index (χ0n) is 15.6. The molecule has 1 aliphatic heterocycles. The molecule has 0 radical (unpaired) electrons. The highest BCUT2D eigenvalue weighted by molar-refractivity contribution is 7.89. The lowest BCUT2D eigenvalue weighted by Gasteiger charge is -2.27. The second-order valence-electron chi connectivity index (χ2n) is 7.01. The van der Waals surface area contributed by atoms with E-state index in [1.807, 2.05) is 39.8 Å². The van der Waals surface area contributed by atoms with Gasteiger partial charge in [-0.25, -0.2) is 8.42 Å². The smallest absolute Gasteiger partial charge is 0.244 e. The molecule has 4 nitrogen and oxygen atoms in total. The molecule has 0 spiro atoms. The average Bonchev–Trinajstić information content (AvgIpc) is 3.09. The fraction of sp³-hybridized carbons (Fsp3) is 0.450. The molecule has 2 aromatic rings. The van der Waals surface area contributed by atoms with Crippen molar-refractivity contribution in [2.45, 2.75) is 58.4 Å². The Morgan fingerprint density at radius 3 is 2.00 bits per heavy atom. The van der Waals surface area contributed by atoms with Gasteiger partial charge in [0.1, 0.15) is 0 Å². The fourth-order valence-electron chi connectivity index (χ4n) is 3.92. The van der Waals surface area contributed by atoms with Crippen LogP contribution in [0.15, 0.2) is 29.4 Å². The fourth-order valence-corrected chi connectivity index (χ4v) is 6.16. The molecule has 1 saturated heterocycles. The second kappa shape index (κ2) is 6.54. The van der Waals surface area contributed by atoms with Crippen LogP contribution in [-0.2, 0) is 10.0 Å². The lowest BCUT2D eigenvalue weighted by atomic mass is 9.95. The standard InChI is InChI=1S/C20H26N2O2S/c1-13-14(2)16(4)20(17(5)15(13)3)25(23,24)22-12-6-7-19(22)18-8-10-21-11-9-18/h8-11,19H,6-7,12H2,1-5H3/t19-/m0/s1. The molecule has 2 heterocycles. The van der Waals surface area contributed by atoms with Crippen molar-refractivity contribution < 1.29 is 8.42 Å². The lowest BCUT2D eigenvalue weighted by molar-refractivity contribution is 0.396. The summed E-state index contributed by atoms with van der Waals surface area (Å²) in [6.07, 6.45) is 5.20. The van der Waals surface area contributed by atoms with Crippen LogP contribution in [0.1, 0.15) is 52.3 Å². The topological polar surface area (TPSA) is 50.3 Å². The molecule has 25 heavy (non-hydrogen) atoms. The van der Waals surface area contributed by atoms with E-state index < -0.39 is 10.0 Å². The third-order valence-electron chi connectivity index (χ3n) is 5.79. The van der Waals surface area contributed by atoms with Gasteiger partial charge in [-0.2, -0.15) is 4.31 Å². The summed E-state index contributed by atoms with van der Waals surface area (Å²) >= 11 is 0. The highest BCUT2D eigenvalue weighted by atomic mass is 32.2. The molecule has 1 aromatic heterocycles. The minimum Gasteiger partial charge on any atom is -0.265 e. The molecular weight excluding hydrogens is 332 g/mol. The van der Waals surface area contributed by atoms with Crippen LogP contribution in [0.5, 0.6) is 0 Å². The minimum atomic E-state index is -3.55. The van der Waals surface area contributed by atoms with Gasteiger partial charge in [-0.15, -0.1) is 0 Å². The van der Waals surface area contributed by atoms with E-state index >= 15 is 0 Å². The Morgan fingerprint density at radius 2 is 1.44 bits per heavy atom. The molecular formula is C20H26N2O2S. The van der Waals surface area contributed by atoms with Gasteiger partial charge in [-0.05, 0) is 93.0 Å². The maximum Gasteiger partial charge on any atom is 0.244 e. The van der Waals surface area contributed by atoms with Gasteiger partial charge in [0.25, 0.3) is 0 Å². The Labute approximate surface area is 151 Å². The molecule has 0 aliphatic carbocycles. The number of aromatic nitrogens is 1. The summed E-state index contributed by atoms with van der Waals surface area (Å²) in [5.41, 5.74) is 6.10. The Hall–Kier alpha value is -1.72. The zero-order valence-corrected chi connectivity index (χ0v) is 16.4. The zero-order chi connectivity index (χ0) is 18.4. The SMILES string of the molecule is Cc1c(C)c(C)c(S(=O)(=O)N2CCC[C@H]2c2ccncc2)c(C)c1C. The van der Waals surface area contributed by atoms with E-state index in [4.69, 9.17) is 0 Å². The van der Waals surface area contributed by atoms with Crippen LogP contribution in [0.25, 0.3) is 0 Å². The number of nitrogens with zero attached hydrogens (tertiary/aromatic N) is 2. The van der Waals surface area contributed by atoms with Crippen molar-refractivity contribution in [1.82, 2.24) is 9.29 Å². The molecule has 1 aliphatic rings. The largest absolute Gasteiger partial charge is 0.265 e. The number of sulfonamides is 1. The predicted molar refractivity (Wildman–Crippen MR) is 100 cm³/mol. The third kappa shape index (κ3) is 2.89. The first-order valence-corrected chi connectivity index (χ1v) is 10.2. The van der Waals surface area contributed by atoms with E-state index in [1.165, 1.54) is 5.56 Å². The van der Waals surface area contributed by atoms with Crippen molar-refractivity contribution in [3.05, 3.63) is 57.9 Å². The normalized spacial score (nSPS) is 18.7. The Bertz CT molecular complexity index is 876. The van der Waals surface area contributed by atoms with Gasteiger partial charge < -0.3 is 0 Å². The van der Waals surface area contributed by atoms with E-state index in [2.05, 4.69) is 11.9 Å². The summed E-state index contributed by atoms with van der Waals surface area (Å²) in [7, 11) is -3.55. The number of hydrogen-bond acceptors (Lipinski definition) is 3. The van der Waals surface area contributed by atoms with Crippen LogP contribution in [0.2, 0.25) is 0 Å². The first-order valence-electron chi connectivity index (χ1n) is 8.75.